The van der Waals surface area contributed by atoms with E-state index in [1.807, 2.05) is 0 Å². The highest BCUT2D eigenvalue weighted by molar-refractivity contribution is 7.99. The predicted molar refractivity (Wildman–Crippen MR) is 57.2 cm³/mol. The van der Waals surface area contributed by atoms with Crippen molar-refractivity contribution < 1.29 is 20.1 Å². The van der Waals surface area contributed by atoms with Gasteiger partial charge in [0, 0.05) is 10.6 Å². The van der Waals surface area contributed by atoms with Crippen molar-refractivity contribution in [2.45, 2.75) is 11.0 Å². The van der Waals surface area contributed by atoms with Crippen LogP contribution in [0, 0.1) is 0 Å². The molecule has 5 heteroatoms. The molecule has 0 bridgehead atoms. The molecule has 1 atom stereocenters. The molecule has 1 aromatic rings. The number of aliphatic hydroxyl groups is 2. The molecule has 0 heterocycles. The van der Waals surface area contributed by atoms with Crippen molar-refractivity contribution in [1.29, 1.82) is 0 Å². The molecule has 3 N–H and O–H groups in total. The first-order valence-electron chi connectivity index (χ1n) is 4.38. The van der Waals surface area contributed by atoms with Crippen molar-refractivity contribution in [3.8, 4) is 0 Å². The number of carbonyl (C=O) groups is 1. The molecule has 82 valence electrons. The Morgan fingerprint density at radius 3 is 2.80 bits per heavy atom. The summed E-state index contributed by atoms with van der Waals surface area (Å²) in [5.74, 6) is -0.625. The lowest BCUT2D eigenvalue weighted by atomic mass is 10.2. The number of thioether (sulfide) groups is 1. The van der Waals surface area contributed by atoms with Crippen molar-refractivity contribution in [3.05, 3.63) is 29.8 Å². The van der Waals surface area contributed by atoms with Gasteiger partial charge in [-0.15, -0.1) is 11.8 Å². The molecule has 0 saturated carbocycles. The summed E-state index contributed by atoms with van der Waals surface area (Å²) < 4.78 is 0. The zero-order valence-corrected chi connectivity index (χ0v) is 8.78. The first-order valence-corrected chi connectivity index (χ1v) is 5.37. The lowest BCUT2D eigenvalue weighted by molar-refractivity contribution is 0.0696. The van der Waals surface area contributed by atoms with Gasteiger partial charge >= 0.3 is 5.97 Å². The Hall–Kier alpha value is -1.04. The van der Waals surface area contributed by atoms with E-state index in [4.69, 9.17) is 15.3 Å². The zero-order chi connectivity index (χ0) is 11.3. The average Bonchev–Trinajstić information content (AvgIpc) is 2.26. The first kappa shape index (κ1) is 12.0. The molecule has 0 radical (unpaired) electrons. The molecular weight excluding hydrogens is 216 g/mol. The van der Waals surface area contributed by atoms with E-state index in [2.05, 4.69) is 0 Å². The quantitative estimate of drug-likeness (QED) is 0.651. The number of aromatic carboxylic acids is 1. The number of aliphatic hydroxyl groups excluding tert-OH is 2. The van der Waals surface area contributed by atoms with E-state index >= 15 is 0 Å². The second kappa shape index (κ2) is 5.75. The second-order valence-corrected chi connectivity index (χ2v) is 4.07. The normalized spacial score (nSPS) is 12.4. The fourth-order valence-corrected chi connectivity index (χ4v) is 1.84. The van der Waals surface area contributed by atoms with Gasteiger partial charge < -0.3 is 15.3 Å². The molecule has 1 unspecified atom stereocenters. The largest absolute Gasteiger partial charge is 0.478 e. The molecule has 0 amide bonds. The van der Waals surface area contributed by atoms with Gasteiger partial charge in [0.1, 0.15) is 0 Å². The summed E-state index contributed by atoms with van der Waals surface area (Å²) in [6, 6.07) is 6.46. The van der Waals surface area contributed by atoms with Gasteiger partial charge in [-0.05, 0) is 18.2 Å². The van der Waals surface area contributed by atoms with E-state index in [1.54, 1.807) is 12.1 Å². The van der Waals surface area contributed by atoms with Crippen LogP contribution in [-0.2, 0) is 0 Å². The summed E-state index contributed by atoms with van der Waals surface area (Å²) in [5.41, 5.74) is 0.221. The van der Waals surface area contributed by atoms with Gasteiger partial charge in [0.05, 0.1) is 18.3 Å². The van der Waals surface area contributed by atoms with E-state index in [0.29, 0.717) is 5.75 Å². The van der Waals surface area contributed by atoms with E-state index in [9.17, 15) is 4.79 Å². The third-order valence-corrected chi connectivity index (χ3v) is 2.87. The minimum absolute atomic E-state index is 0.221. The van der Waals surface area contributed by atoms with Crippen LogP contribution in [0.4, 0.5) is 0 Å². The molecule has 0 aliphatic rings. The Balaban J connectivity index is 2.62. The molecule has 1 aromatic carbocycles. The van der Waals surface area contributed by atoms with Crippen LogP contribution in [-0.4, -0.2) is 39.8 Å². The standard InChI is InChI=1S/C10H12O4S/c11-5-8(12)6-15-9-3-1-2-7(4-9)10(13)14/h1-4,8,11-12H,5-6H2,(H,13,14). The van der Waals surface area contributed by atoms with E-state index in [0.717, 1.165) is 4.90 Å². The van der Waals surface area contributed by atoms with Crippen molar-refractivity contribution >= 4 is 17.7 Å². The SMILES string of the molecule is O=C(O)c1cccc(SCC(O)CO)c1. The van der Waals surface area contributed by atoms with Gasteiger partial charge in [-0.2, -0.15) is 0 Å². The zero-order valence-electron chi connectivity index (χ0n) is 7.96. The maximum atomic E-state index is 10.6. The summed E-state index contributed by atoms with van der Waals surface area (Å²) in [5, 5.41) is 26.4. The third-order valence-electron chi connectivity index (χ3n) is 1.73. The van der Waals surface area contributed by atoms with Crippen LogP contribution >= 0.6 is 11.8 Å². The molecule has 0 saturated heterocycles. The summed E-state index contributed by atoms with van der Waals surface area (Å²) in [6.45, 7) is -0.286. The fraction of sp³-hybridized carbons (Fsp3) is 0.300. The highest BCUT2D eigenvalue weighted by Crippen LogP contribution is 2.19. The predicted octanol–water partition coefficient (Wildman–Crippen LogP) is 0.830. The van der Waals surface area contributed by atoms with Crippen LogP contribution in [0.2, 0.25) is 0 Å². The summed E-state index contributed by atoms with van der Waals surface area (Å²) in [7, 11) is 0. The van der Waals surface area contributed by atoms with E-state index in [-0.39, 0.29) is 12.2 Å². The monoisotopic (exact) mass is 228 g/mol. The summed E-state index contributed by atoms with van der Waals surface area (Å²) in [4.78, 5) is 11.4. The highest BCUT2D eigenvalue weighted by atomic mass is 32.2. The van der Waals surface area contributed by atoms with Gasteiger partial charge in [-0.25, -0.2) is 4.79 Å². The minimum Gasteiger partial charge on any atom is -0.478 e. The maximum Gasteiger partial charge on any atom is 0.335 e. The van der Waals surface area contributed by atoms with Gasteiger partial charge in [0.2, 0.25) is 0 Å². The molecule has 1 rings (SSSR count). The molecule has 0 spiro atoms. The Bertz CT molecular complexity index is 340. The van der Waals surface area contributed by atoms with Crippen LogP contribution in [0.25, 0.3) is 0 Å². The lowest BCUT2D eigenvalue weighted by Crippen LogP contribution is -2.14. The van der Waals surface area contributed by atoms with Crippen molar-refractivity contribution in [1.82, 2.24) is 0 Å². The van der Waals surface area contributed by atoms with Crippen molar-refractivity contribution in [2.75, 3.05) is 12.4 Å². The maximum absolute atomic E-state index is 10.6. The smallest absolute Gasteiger partial charge is 0.335 e. The molecule has 0 aliphatic heterocycles. The Morgan fingerprint density at radius 1 is 1.47 bits per heavy atom. The lowest BCUT2D eigenvalue weighted by Gasteiger charge is -2.06. The van der Waals surface area contributed by atoms with E-state index in [1.165, 1.54) is 23.9 Å². The Labute approximate surface area is 91.6 Å². The topological polar surface area (TPSA) is 77.8 Å². The van der Waals surface area contributed by atoms with E-state index < -0.39 is 12.1 Å². The molecule has 0 aliphatic carbocycles. The first-order chi connectivity index (χ1) is 7.13. The van der Waals surface area contributed by atoms with Crippen molar-refractivity contribution in [2.24, 2.45) is 0 Å². The highest BCUT2D eigenvalue weighted by Gasteiger charge is 2.06. The summed E-state index contributed by atoms with van der Waals surface area (Å²) in [6.07, 6.45) is -0.775. The van der Waals surface area contributed by atoms with Crippen molar-refractivity contribution in [3.63, 3.8) is 0 Å². The fourth-order valence-electron chi connectivity index (χ4n) is 0.964. The summed E-state index contributed by atoms with van der Waals surface area (Å²) >= 11 is 1.31. The Morgan fingerprint density at radius 2 is 2.20 bits per heavy atom. The number of benzene rings is 1. The number of rotatable bonds is 5. The van der Waals surface area contributed by atoms with Crippen LogP contribution in [0.1, 0.15) is 10.4 Å². The number of hydrogen-bond acceptors (Lipinski definition) is 4. The third kappa shape index (κ3) is 3.91. The number of carboxylic acid groups (broad SMARTS) is 1. The molecule has 0 aromatic heterocycles. The van der Waals surface area contributed by atoms with Crippen LogP contribution < -0.4 is 0 Å². The molecular formula is C10H12O4S. The molecule has 15 heavy (non-hydrogen) atoms. The molecule has 4 nitrogen and oxygen atoms in total. The number of carboxylic acids is 1. The van der Waals surface area contributed by atoms with Gasteiger partial charge in [0.15, 0.2) is 0 Å². The van der Waals surface area contributed by atoms with Gasteiger partial charge in [-0.3, -0.25) is 0 Å². The minimum atomic E-state index is -0.972. The van der Waals surface area contributed by atoms with Gasteiger partial charge in [-0.1, -0.05) is 6.07 Å². The van der Waals surface area contributed by atoms with Crippen LogP contribution in [0.5, 0.6) is 0 Å². The average molecular weight is 228 g/mol. The molecule has 0 fully saturated rings. The second-order valence-electron chi connectivity index (χ2n) is 2.98. The van der Waals surface area contributed by atoms with Crippen LogP contribution in [0.15, 0.2) is 29.2 Å². The Kier molecular flexibility index (Phi) is 4.61. The number of hydrogen-bond donors (Lipinski definition) is 3. The van der Waals surface area contributed by atoms with Gasteiger partial charge in [0.25, 0.3) is 0 Å². The van der Waals surface area contributed by atoms with Crippen LogP contribution in [0.3, 0.4) is 0 Å².